The van der Waals surface area contributed by atoms with Gasteiger partial charge in [-0.1, -0.05) is 72.3 Å². The first kappa shape index (κ1) is 19.6. The lowest BCUT2D eigenvalue weighted by atomic mass is 10.2. The van der Waals surface area contributed by atoms with Gasteiger partial charge in [-0.2, -0.15) is 0 Å². The van der Waals surface area contributed by atoms with Crippen molar-refractivity contribution in [3.05, 3.63) is 102 Å². The van der Waals surface area contributed by atoms with Crippen LogP contribution in [0, 0.1) is 6.92 Å². The number of para-hydroxylation sites is 1. The molecule has 0 N–H and O–H groups in total. The summed E-state index contributed by atoms with van der Waals surface area (Å²) in [6.07, 6.45) is 4.32. The fourth-order valence-electron chi connectivity index (χ4n) is 2.83. The lowest BCUT2D eigenvalue weighted by molar-refractivity contribution is 0.112. The molecule has 142 valence electrons. The summed E-state index contributed by atoms with van der Waals surface area (Å²) in [5.74, 6) is 0. The van der Waals surface area contributed by atoms with Gasteiger partial charge in [0, 0.05) is 5.56 Å². The van der Waals surface area contributed by atoms with Gasteiger partial charge in [0.2, 0.25) is 0 Å². The Morgan fingerprint density at radius 3 is 2.18 bits per heavy atom. The first-order valence-electron chi connectivity index (χ1n) is 8.87. The third-order valence-electron chi connectivity index (χ3n) is 4.32. The second-order valence-electron chi connectivity index (χ2n) is 6.34. The Bertz CT molecular complexity index is 1070. The van der Waals surface area contributed by atoms with Gasteiger partial charge in [-0.25, -0.2) is 8.42 Å². The van der Waals surface area contributed by atoms with Crippen LogP contribution in [0.25, 0.3) is 6.08 Å². The molecule has 3 aromatic rings. The zero-order valence-corrected chi connectivity index (χ0v) is 16.3. The van der Waals surface area contributed by atoms with E-state index in [1.165, 1.54) is 4.31 Å². The number of carbonyl (C=O) groups excluding carboxylic acids is 1. The summed E-state index contributed by atoms with van der Waals surface area (Å²) in [4.78, 5) is 11.7. The highest BCUT2D eigenvalue weighted by Crippen LogP contribution is 2.26. The molecule has 0 fully saturated rings. The van der Waals surface area contributed by atoms with Gasteiger partial charge in [0.15, 0.2) is 6.29 Å². The van der Waals surface area contributed by atoms with Crippen LogP contribution >= 0.6 is 0 Å². The molecule has 3 rings (SSSR count). The highest BCUT2D eigenvalue weighted by Gasteiger charge is 2.25. The van der Waals surface area contributed by atoms with Crippen molar-refractivity contribution in [1.29, 1.82) is 0 Å². The zero-order chi connectivity index (χ0) is 20.0. The van der Waals surface area contributed by atoms with E-state index in [1.807, 2.05) is 43.3 Å². The molecular weight excluding hydrogens is 370 g/mol. The van der Waals surface area contributed by atoms with Gasteiger partial charge in [0.25, 0.3) is 10.0 Å². The summed E-state index contributed by atoms with van der Waals surface area (Å²) in [6, 6.07) is 23.0. The van der Waals surface area contributed by atoms with Gasteiger partial charge in [-0.15, -0.1) is 0 Å². The van der Waals surface area contributed by atoms with E-state index in [1.54, 1.807) is 54.6 Å². The van der Waals surface area contributed by atoms with E-state index < -0.39 is 10.0 Å². The van der Waals surface area contributed by atoms with E-state index in [9.17, 15) is 13.2 Å². The van der Waals surface area contributed by atoms with Crippen LogP contribution in [0.4, 0.5) is 5.69 Å². The minimum atomic E-state index is -3.83. The van der Waals surface area contributed by atoms with Gasteiger partial charge in [-0.3, -0.25) is 9.10 Å². The predicted molar refractivity (Wildman–Crippen MR) is 113 cm³/mol. The van der Waals surface area contributed by atoms with Crippen LogP contribution in [-0.4, -0.2) is 21.2 Å². The number of hydrogen-bond donors (Lipinski definition) is 0. The number of anilines is 1. The SMILES string of the molecule is Cc1ccc(S(=O)(=O)N(CC=Cc2ccccc2)c2ccccc2C=O)cc1. The maximum Gasteiger partial charge on any atom is 0.264 e. The van der Waals surface area contributed by atoms with Gasteiger partial charge in [-0.05, 0) is 36.8 Å². The lowest BCUT2D eigenvalue weighted by Crippen LogP contribution is -2.32. The monoisotopic (exact) mass is 391 g/mol. The number of sulfonamides is 1. The third-order valence-corrected chi connectivity index (χ3v) is 6.12. The molecule has 0 aromatic heterocycles. The first-order chi connectivity index (χ1) is 13.5. The molecule has 0 saturated heterocycles. The van der Waals surface area contributed by atoms with Crippen LogP contribution in [0.1, 0.15) is 21.5 Å². The van der Waals surface area contributed by atoms with Crippen LogP contribution in [0.3, 0.4) is 0 Å². The topological polar surface area (TPSA) is 54.5 Å². The van der Waals surface area contributed by atoms with E-state index in [0.717, 1.165) is 11.1 Å². The molecule has 4 nitrogen and oxygen atoms in total. The molecule has 0 heterocycles. The van der Waals surface area contributed by atoms with Gasteiger partial charge < -0.3 is 0 Å². The molecule has 0 spiro atoms. The molecule has 0 amide bonds. The maximum atomic E-state index is 13.3. The minimum Gasteiger partial charge on any atom is -0.298 e. The van der Waals surface area contributed by atoms with Crippen LogP contribution < -0.4 is 4.31 Å². The molecule has 0 bridgehead atoms. The number of carbonyl (C=O) groups is 1. The fraction of sp³-hybridized carbons (Fsp3) is 0.0870. The molecule has 0 saturated carbocycles. The first-order valence-corrected chi connectivity index (χ1v) is 10.3. The average Bonchev–Trinajstić information content (AvgIpc) is 2.72. The number of aryl methyl sites for hydroxylation is 1. The Kier molecular flexibility index (Phi) is 6.06. The van der Waals surface area contributed by atoms with Crippen LogP contribution in [0.2, 0.25) is 0 Å². The molecule has 3 aromatic carbocycles. The zero-order valence-electron chi connectivity index (χ0n) is 15.5. The Morgan fingerprint density at radius 2 is 1.50 bits per heavy atom. The highest BCUT2D eigenvalue weighted by atomic mass is 32.2. The fourth-order valence-corrected chi connectivity index (χ4v) is 4.27. The molecular formula is C23H21NO3S. The summed E-state index contributed by atoms with van der Waals surface area (Å²) in [5.41, 5.74) is 2.63. The van der Waals surface area contributed by atoms with E-state index >= 15 is 0 Å². The molecule has 28 heavy (non-hydrogen) atoms. The van der Waals surface area contributed by atoms with Gasteiger partial charge in [0.1, 0.15) is 0 Å². The second kappa shape index (κ2) is 8.67. The Labute approximate surface area is 165 Å². The normalized spacial score (nSPS) is 11.5. The summed E-state index contributed by atoms with van der Waals surface area (Å²) in [6.45, 7) is 2.01. The Hall–Kier alpha value is -3.18. The van der Waals surface area contributed by atoms with E-state index in [4.69, 9.17) is 0 Å². The van der Waals surface area contributed by atoms with Crippen LogP contribution in [-0.2, 0) is 10.0 Å². The van der Waals surface area contributed by atoms with E-state index in [0.29, 0.717) is 17.5 Å². The van der Waals surface area contributed by atoms with Crippen molar-refractivity contribution in [2.24, 2.45) is 0 Å². The quantitative estimate of drug-likeness (QED) is 0.548. The van der Waals surface area contributed by atoms with Crippen molar-refractivity contribution < 1.29 is 13.2 Å². The van der Waals surface area contributed by atoms with Crippen molar-refractivity contribution >= 4 is 28.1 Å². The third kappa shape index (κ3) is 4.38. The van der Waals surface area contributed by atoms with Crippen molar-refractivity contribution in [3.8, 4) is 0 Å². The minimum absolute atomic E-state index is 0.107. The molecule has 0 aliphatic heterocycles. The number of nitrogens with zero attached hydrogens (tertiary/aromatic N) is 1. The highest BCUT2D eigenvalue weighted by molar-refractivity contribution is 7.92. The largest absolute Gasteiger partial charge is 0.298 e. The lowest BCUT2D eigenvalue weighted by Gasteiger charge is -2.24. The molecule has 5 heteroatoms. The van der Waals surface area contributed by atoms with Crippen molar-refractivity contribution in [2.45, 2.75) is 11.8 Å². The van der Waals surface area contributed by atoms with Crippen molar-refractivity contribution in [3.63, 3.8) is 0 Å². The molecule has 0 aliphatic carbocycles. The van der Waals surface area contributed by atoms with Crippen molar-refractivity contribution in [2.75, 3.05) is 10.8 Å². The standard InChI is InChI=1S/C23H21NO3S/c1-19-13-15-22(16-14-19)28(26,27)24(23-12-6-5-11-21(23)18-25)17-7-10-20-8-3-2-4-9-20/h2-16,18H,17H2,1H3. The number of rotatable bonds is 7. The van der Waals surface area contributed by atoms with Crippen LogP contribution in [0.15, 0.2) is 89.8 Å². The van der Waals surface area contributed by atoms with Gasteiger partial charge >= 0.3 is 0 Å². The summed E-state index contributed by atoms with van der Waals surface area (Å²) < 4.78 is 27.9. The summed E-state index contributed by atoms with van der Waals surface area (Å²) in [7, 11) is -3.83. The van der Waals surface area contributed by atoms with E-state index in [-0.39, 0.29) is 11.4 Å². The molecule has 0 aliphatic rings. The molecule has 0 atom stereocenters. The van der Waals surface area contributed by atoms with Crippen molar-refractivity contribution in [1.82, 2.24) is 0 Å². The number of benzene rings is 3. The molecule has 0 unspecified atom stereocenters. The predicted octanol–water partition coefficient (Wildman–Crippen LogP) is 4.72. The summed E-state index contributed by atoms with van der Waals surface area (Å²) >= 11 is 0. The number of aldehydes is 1. The van der Waals surface area contributed by atoms with E-state index in [2.05, 4.69) is 0 Å². The Morgan fingerprint density at radius 1 is 0.857 bits per heavy atom. The number of hydrogen-bond acceptors (Lipinski definition) is 3. The maximum absolute atomic E-state index is 13.3. The van der Waals surface area contributed by atoms with Crippen LogP contribution in [0.5, 0.6) is 0 Å². The van der Waals surface area contributed by atoms with Gasteiger partial charge in [0.05, 0.1) is 17.1 Å². The second-order valence-corrected chi connectivity index (χ2v) is 8.20. The molecule has 0 radical (unpaired) electrons. The average molecular weight is 391 g/mol. The summed E-state index contributed by atoms with van der Waals surface area (Å²) in [5, 5.41) is 0. The smallest absolute Gasteiger partial charge is 0.264 e. The Balaban J connectivity index is 2.02.